The van der Waals surface area contributed by atoms with Crippen molar-refractivity contribution in [3.63, 3.8) is 0 Å². The van der Waals surface area contributed by atoms with Gasteiger partial charge >= 0.3 is 0 Å². The Morgan fingerprint density at radius 1 is 1.22 bits per heavy atom. The standard InChI is InChI=1S/C20H18Cl2N2O3/c1-12(2)27-19-13(5-4-6-18(19)26-3)7-14(11-23)20(25)24-17-9-15(21)8-16(22)10-17/h4-10,12H,1-3H3,(H,24,25)/b14-7+. The number of hydrogen-bond acceptors (Lipinski definition) is 4. The van der Waals surface area contributed by atoms with Crippen molar-refractivity contribution in [1.82, 2.24) is 0 Å². The number of benzene rings is 2. The molecule has 0 aliphatic heterocycles. The van der Waals surface area contributed by atoms with Crippen molar-refractivity contribution in [3.05, 3.63) is 57.6 Å². The van der Waals surface area contributed by atoms with Gasteiger partial charge in [0.2, 0.25) is 0 Å². The molecule has 0 heterocycles. The Hall–Kier alpha value is -2.68. The van der Waals surface area contributed by atoms with E-state index in [1.807, 2.05) is 19.9 Å². The van der Waals surface area contributed by atoms with Crippen molar-refractivity contribution in [1.29, 1.82) is 5.26 Å². The van der Waals surface area contributed by atoms with Crippen LogP contribution in [0.1, 0.15) is 19.4 Å². The predicted molar refractivity (Wildman–Crippen MR) is 107 cm³/mol. The van der Waals surface area contributed by atoms with Gasteiger partial charge in [-0.15, -0.1) is 0 Å². The molecule has 2 aromatic carbocycles. The molecule has 5 nitrogen and oxygen atoms in total. The molecule has 27 heavy (non-hydrogen) atoms. The zero-order valence-electron chi connectivity index (χ0n) is 15.0. The monoisotopic (exact) mass is 404 g/mol. The van der Waals surface area contributed by atoms with Gasteiger partial charge in [0.05, 0.1) is 13.2 Å². The van der Waals surface area contributed by atoms with Gasteiger partial charge in [0.15, 0.2) is 11.5 Å². The first kappa shape index (κ1) is 20.6. The lowest BCUT2D eigenvalue weighted by molar-refractivity contribution is -0.112. The summed E-state index contributed by atoms with van der Waals surface area (Å²) >= 11 is 11.9. The Morgan fingerprint density at radius 3 is 2.44 bits per heavy atom. The van der Waals surface area contributed by atoms with E-state index in [0.717, 1.165) is 0 Å². The Labute approximate surface area is 168 Å². The SMILES string of the molecule is COc1cccc(/C=C(\C#N)C(=O)Nc2cc(Cl)cc(Cl)c2)c1OC(C)C. The summed E-state index contributed by atoms with van der Waals surface area (Å²) in [4.78, 5) is 12.5. The summed E-state index contributed by atoms with van der Waals surface area (Å²) in [5.41, 5.74) is 0.842. The Morgan fingerprint density at radius 2 is 1.89 bits per heavy atom. The zero-order valence-corrected chi connectivity index (χ0v) is 16.6. The molecule has 0 radical (unpaired) electrons. The van der Waals surface area contributed by atoms with Crippen LogP contribution in [-0.2, 0) is 4.79 Å². The van der Waals surface area contributed by atoms with E-state index in [9.17, 15) is 10.1 Å². The third kappa shape index (κ3) is 5.65. The van der Waals surface area contributed by atoms with Crippen molar-refractivity contribution in [2.45, 2.75) is 20.0 Å². The van der Waals surface area contributed by atoms with Crippen LogP contribution in [0.2, 0.25) is 10.0 Å². The molecule has 0 aliphatic rings. The van der Waals surface area contributed by atoms with Crippen molar-refractivity contribution in [2.75, 3.05) is 12.4 Å². The minimum Gasteiger partial charge on any atom is -0.493 e. The number of hydrogen-bond donors (Lipinski definition) is 1. The topological polar surface area (TPSA) is 71.3 Å². The van der Waals surface area contributed by atoms with Gasteiger partial charge in [-0.25, -0.2) is 0 Å². The first-order valence-corrected chi connectivity index (χ1v) is 8.82. The van der Waals surface area contributed by atoms with Gasteiger partial charge < -0.3 is 14.8 Å². The maximum atomic E-state index is 12.5. The van der Waals surface area contributed by atoms with E-state index in [4.69, 9.17) is 32.7 Å². The third-order valence-electron chi connectivity index (χ3n) is 3.37. The Kier molecular flexibility index (Phi) is 7.12. The van der Waals surface area contributed by atoms with Crippen LogP contribution in [0.5, 0.6) is 11.5 Å². The molecule has 0 unspecified atom stereocenters. The molecule has 7 heteroatoms. The number of ether oxygens (including phenoxy) is 2. The lowest BCUT2D eigenvalue weighted by Crippen LogP contribution is -2.14. The molecule has 0 fully saturated rings. The molecular weight excluding hydrogens is 387 g/mol. The number of carbonyl (C=O) groups is 1. The van der Waals surface area contributed by atoms with Crippen LogP contribution < -0.4 is 14.8 Å². The Bertz CT molecular complexity index is 898. The summed E-state index contributed by atoms with van der Waals surface area (Å²) in [6, 6.07) is 11.8. The van der Waals surface area contributed by atoms with Gasteiger partial charge in [0.1, 0.15) is 11.6 Å². The maximum Gasteiger partial charge on any atom is 0.266 e. The van der Waals surface area contributed by atoms with E-state index >= 15 is 0 Å². The lowest BCUT2D eigenvalue weighted by atomic mass is 10.1. The summed E-state index contributed by atoms with van der Waals surface area (Å²) in [6.45, 7) is 3.75. The van der Waals surface area contributed by atoms with E-state index in [1.165, 1.54) is 13.2 Å². The van der Waals surface area contributed by atoms with Crippen LogP contribution >= 0.6 is 23.2 Å². The molecule has 0 aliphatic carbocycles. The number of halogens is 2. The van der Waals surface area contributed by atoms with Crippen molar-refractivity contribution in [3.8, 4) is 17.6 Å². The van der Waals surface area contributed by atoms with Gasteiger partial charge in [0, 0.05) is 21.3 Å². The second kappa shape index (κ2) is 9.31. The highest BCUT2D eigenvalue weighted by Gasteiger charge is 2.15. The molecule has 2 rings (SSSR count). The van der Waals surface area contributed by atoms with E-state index in [2.05, 4.69) is 5.32 Å². The fourth-order valence-corrected chi connectivity index (χ4v) is 2.82. The number of methoxy groups -OCH3 is 1. The van der Waals surface area contributed by atoms with Crippen molar-refractivity contribution >= 4 is 40.9 Å². The van der Waals surface area contributed by atoms with E-state index < -0.39 is 5.91 Å². The van der Waals surface area contributed by atoms with E-state index in [0.29, 0.717) is 32.8 Å². The predicted octanol–water partition coefficient (Wildman–Crippen LogP) is 5.33. The van der Waals surface area contributed by atoms with Crippen LogP contribution in [0.25, 0.3) is 6.08 Å². The molecule has 0 bridgehead atoms. The molecule has 1 N–H and O–H groups in total. The first-order valence-electron chi connectivity index (χ1n) is 8.07. The molecule has 0 atom stereocenters. The number of nitrogens with zero attached hydrogens (tertiary/aromatic N) is 1. The number of para-hydroxylation sites is 1. The average Bonchev–Trinajstić information content (AvgIpc) is 2.59. The molecule has 0 aromatic heterocycles. The summed E-state index contributed by atoms with van der Waals surface area (Å²) in [5, 5.41) is 12.8. The van der Waals surface area contributed by atoms with Crippen LogP contribution in [0.3, 0.4) is 0 Å². The van der Waals surface area contributed by atoms with Gasteiger partial charge in [-0.1, -0.05) is 35.3 Å². The third-order valence-corrected chi connectivity index (χ3v) is 3.80. The summed E-state index contributed by atoms with van der Waals surface area (Å²) < 4.78 is 11.1. The number of rotatable bonds is 6. The van der Waals surface area contributed by atoms with Crippen molar-refractivity contribution in [2.24, 2.45) is 0 Å². The number of anilines is 1. The summed E-state index contributed by atoms with van der Waals surface area (Å²) in [5.74, 6) is 0.382. The second-order valence-electron chi connectivity index (χ2n) is 5.83. The Balaban J connectivity index is 2.38. The average molecular weight is 405 g/mol. The molecular formula is C20H18Cl2N2O3. The highest BCUT2D eigenvalue weighted by Crippen LogP contribution is 2.33. The molecule has 1 amide bonds. The number of amides is 1. The minimum absolute atomic E-state index is 0.104. The van der Waals surface area contributed by atoms with Crippen LogP contribution in [0.4, 0.5) is 5.69 Å². The molecule has 2 aromatic rings. The highest BCUT2D eigenvalue weighted by atomic mass is 35.5. The number of nitrogens with one attached hydrogen (secondary N) is 1. The summed E-state index contributed by atoms with van der Waals surface area (Å²) in [6.07, 6.45) is 1.34. The molecule has 0 spiro atoms. The van der Waals surface area contributed by atoms with Gasteiger partial charge in [-0.3, -0.25) is 4.79 Å². The van der Waals surface area contributed by atoms with E-state index in [1.54, 1.807) is 36.4 Å². The second-order valence-corrected chi connectivity index (χ2v) is 6.70. The summed E-state index contributed by atoms with van der Waals surface area (Å²) in [7, 11) is 1.52. The van der Waals surface area contributed by atoms with Crippen LogP contribution in [0, 0.1) is 11.3 Å². The van der Waals surface area contributed by atoms with Gasteiger partial charge in [-0.2, -0.15) is 5.26 Å². The van der Waals surface area contributed by atoms with Crippen LogP contribution in [0.15, 0.2) is 42.0 Å². The molecule has 140 valence electrons. The van der Waals surface area contributed by atoms with Gasteiger partial charge in [0.25, 0.3) is 5.91 Å². The minimum atomic E-state index is -0.589. The normalized spacial score (nSPS) is 11.1. The molecule has 0 saturated carbocycles. The smallest absolute Gasteiger partial charge is 0.266 e. The van der Waals surface area contributed by atoms with Gasteiger partial charge in [-0.05, 0) is 44.2 Å². The molecule has 0 saturated heterocycles. The number of carbonyl (C=O) groups excluding carboxylic acids is 1. The van der Waals surface area contributed by atoms with Crippen molar-refractivity contribution < 1.29 is 14.3 Å². The maximum absolute atomic E-state index is 12.5. The largest absolute Gasteiger partial charge is 0.493 e. The van der Waals surface area contributed by atoms with E-state index in [-0.39, 0.29) is 11.7 Å². The van der Waals surface area contributed by atoms with Crippen LogP contribution in [-0.4, -0.2) is 19.1 Å². The quantitative estimate of drug-likeness (QED) is 0.521. The highest BCUT2D eigenvalue weighted by molar-refractivity contribution is 6.35. The number of nitriles is 1. The lowest BCUT2D eigenvalue weighted by Gasteiger charge is -2.16. The fraction of sp³-hybridized carbons (Fsp3) is 0.200. The fourth-order valence-electron chi connectivity index (χ4n) is 2.30. The first-order chi connectivity index (χ1) is 12.8. The zero-order chi connectivity index (χ0) is 20.0.